The van der Waals surface area contributed by atoms with E-state index < -0.39 is 10.4 Å². The van der Waals surface area contributed by atoms with Gasteiger partial charge in [-0.3, -0.25) is 9.11 Å². The molecule has 21 heavy (non-hydrogen) atoms. The molecule has 0 saturated carbocycles. The number of halogens is 1. The smallest absolute Gasteiger partial charge is 0.394 e. The predicted octanol–water partition coefficient (Wildman–Crippen LogP) is 1.76. The number of ether oxygens (including phenoxy) is 1. The van der Waals surface area contributed by atoms with Crippen LogP contribution >= 0.6 is 24.2 Å². The number of rotatable bonds is 8. The molecule has 0 aliphatic heterocycles. The minimum atomic E-state index is -4.67. The molecular formula is C11H19ClN2O5S2. The van der Waals surface area contributed by atoms with E-state index in [0.29, 0.717) is 17.5 Å². The van der Waals surface area contributed by atoms with Crippen LogP contribution in [0.25, 0.3) is 0 Å². The molecule has 0 radical (unpaired) electrons. The minimum absolute atomic E-state index is 0.628. The van der Waals surface area contributed by atoms with E-state index in [-0.39, 0.29) is 0 Å². The highest BCUT2D eigenvalue weighted by atomic mass is 35.5. The second-order valence-corrected chi connectivity index (χ2v) is 5.57. The van der Waals surface area contributed by atoms with Crippen LogP contribution in [0, 0.1) is 0 Å². The van der Waals surface area contributed by atoms with Crippen molar-refractivity contribution in [1.82, 2.24) is 10.3 Å². The summed E-state index contributed by atoms with van der Waals surface area (Å²) in [5.74, 6) is 1.51. The Hall–Kier alpha value is -0.580. The fourth-order valence-electron chi connectivity index (χ4n) is 1.18. The molecule has 0 aliphatic rings. The third-order valence-electron chi connectivity index (χ3n) is 1.99. The van der Waals surface area contributed by atoms with Crippen LogP contribution in [0.5, 0.6) is 5.88 Å². The Balaban J connectivity index is 0.000000690. The molecule has 0 spiro atoms. The third kappa shape index (κ3) is 17.4. The largest absolute Gasteiger partial charge is 0.478 e. The topological polar surface area (TPSA) is 109 Å². The van der Waals surface area contributed by atoms with Gasteiger partial charge >= 0.3 is 10.4 Å². The van der Waals surface area contributed by atoms with Gasteiger partial charge in [0.05, 0.1) is 11.6 Å². The van der Waals surface area contributed by atoms with Crippen molar-refractivity contribution in [2.75, 3.05) is 25.4 Å². The van der Waals surface area contributed by atoms with Crippen LogP contribution in [0.4, 0.5) is 0 Å². The number of hydrogen-bond donors (Lipinski definition) is 4. The van der Waals surface area contributed by atoms with Crippen LogP contribution in [-0.2, 0) is 10.4 Å². The Morgan fingerprint density at radius 1 is 1.29 bits per heavy atom. The van der Waals surface area contributed by atoms with E-state index in [4.69, 9.17) is 33.9 Å². The molecule has 0 atom stereocenters. The van der Waals surface area contributed by atoms with Gasteiger partial charge in [-0.15, -0.1) is 0 Å². The Morgan fingerprint density at radius 3 is 2.48 bits per heavy atom. The van der Waals surface area contributed by atoms with Gasteiger partial charge in [0.25, 0.3) is 0 Å². The first-order valence-corrected chi connectivity index (χ1v) is 8.49. The van der Waals surface area contributed by atoms with Crippen LogP contribution in [0.3, 0.4) is 0 Å². The Labute approximate surface area is 135 Å². The maximum absolute atomic E-state index is 8.74. The lowest BCUT2D eigenvalue weighted by molar-refractivity contribution is 0.295. The van der Waals surface area contributed by atoms with Crippen LogP contribution in [-0.4, -0.2) is 48.0 Å². The zero-order valence-electron chi connectivity index (χ0n) is 11.3. The number of aromatic nitrogens is 1. The summed E-state index contributed by atoms with van der Waals surface area (Å²) in [4.78, 5) is 4.05. The molecule has 0 aromatic carbocycles. The fraction of sp³-hybridized carbons (Fsp3) is 0.545. The van der Waals surface area contributed by atoms with E-state index >= 15 is 0 Å². The number of pyridine rings is 1. The van der Waals surface area contributed by atoms with Gasteiger partial charge in [-0.25, -0.2) is 4.98 Å². The molecule has 1 aromatic rings. The summed E-state index contributed by atoms with van der Waals surface area (Å²) in [6, 6.07) is 3.56. The van der Waals surface area contributed by atoms with Gasteiger partial charge in [0.1, 0.15) is 0 Å². The van der Waals surface area contributed by atoms with Gasteiger partial charge in [0.15, 0.2) is 0 Å². The normalized spacial score (nSPS) is 10.7. The van der Waals surface area contributed by atoms with E-state index in [0.717, 1.165) is 31.7 Å². The third-order valence-corrected chi connectivity index (χ3v) is 2.43. The van der Waals surface area contributed by atoms with Crippen molar-refractivity contribution in [2.45, 2.75) is 12.8 Å². The predicted molar refractivity (Wildman–Crippen MR) is 84.9 cm³/mol. The highest BCUT2D eigenvalue weighted by Crippen LogP contribution is 2.11. The first-order chi connectivity index (χ1) is 9.83. The molecule has 0 aliphatic carbocycles. The molecule has 0 fully saturated rings. The number of unbranched alkanes of at least 4 members (excludes halogenated alkanes) is 1. The van der Waals surface area contributed by atoms with Gasteiger partial charge in [0, 0.05) is 24.6 Å². The molecule has 1 rings (SSSR count). The molecule has 1 heterocycles. The van der Waals surface area contributed by atoms with Crippen molar-refractivity contribution in [2.24, 2.45) is 0 Å². The van der Waals surface area contributed by atoms with Crippen LogP contribution in [0.1, 0.15) is 12.8 Å². The van der Waals surface area contributed by atoms with E-state index in [1.165, 1.54) is 0 Å². The number of hydrogen-bond acceptors (Lipinski definition) is 6. The molecule has 0 unspecified atom stereocenters. The Bertz CT molecular complexity index is 462. The summed E-state index contributed by atoms with van der Waals surface area (Å²) in [5.41, 5.74) is 0. The highest BCUT2D eigenvalue weighted by molar-refractivity contribution is 7.80. The fourth-order valence-corrected chi connectivity index (χ4v) is 1.45. The average Bonchev–Trinajstić information content (AvgIpc) is 2.38. The molecule has 7 nitrogen and oxygen atoms in total. The summed E-state index contributed by atoms with van der Waals surface area (Å²) >= 11 is 9.83. The summed E-state index contributed by atoms with van der Waals surface area (Å²) in [6.45, 7) is 2.66. The lowest BCUT2D eigenvalue weighted by Crippen LogP contribution is -2.18. The molecule has 3 N–H and O–H groups in total. The van der Waals surface area contributed by atoms with Crippen molar-refractivity contribution in [3.63, 3.8) is 0 Å². The average molecular weight is 359 g/mol. The number of nitrogens with zero attached hydrogens (tertiary/aromatic N) is 1. The van der Waals surface area contributed by atoms with Gasteiger partial charge in [-0.2, -0.15) is 21.0 Å². The first kappa shape index (κ1) is 20.4. The van der Waals surface area contributed by atoms with Crippen molar-refractivity contribution in [3.8, 4) is 5.88 Å². The van der Waals surface area contributed by atoms with Crippen molar-refractivity contribution in [1.29, 1.82) is 0 Å². The Kier molecular flexibility index (Phi) is 11.7. The molecular weight excluding hydrogens is 340 g/mol. The highest BCUT2D eigenvalue weighted by Gasteiger charge is 1.95. The van der Waals surface area contributed by atoms with Crippen molar-refractivity contribution >= 4 is 34.6 Å². The monoisotopic (exact) mass is 358 g/mol. The van der Waals surface area contributed by atoms with E-state index in [1.807, 2.05) is 0 Å². The van der Waals surface area contributed by atoms with Crippen LogP contribution < -0.4 is 10.1 Å². The summed E-state index contributed by atoms with van der Waals surface area (Å²) in [6.07, 6.45) is 3.70. The van der Waals surface area contributed by atoms with Crippen molar-refractivity contribution < 1.29 is 22.3 Å². The standard InChI is InChI=1S/C11H17ClN2OS.H2O4S/c12-10-3-4-11(14-9-10)15-7-2-1-5-13-6-8-16;1-5(2,3)4/h3-4,9,13,16H,1-2,5-8H2;(H2,1,2,3,4). The number of nitrogens with one attached hydrogen (secondary N) is 1. The molecule has 1 aromatic heterocycles. The van der Waals surface area contributed by atoms with Gasteiger partial charge in [0.2, 0.25) is 5.88 Å². The SMILES string of the molecule is O=S(=O)(O)O.SCCNCCCCOc1ccc(Cl)cn1. The second kappa shape index (κ2) is 12.0. The molecule has 10 heteroatoms. The lowest BCUT2D eigenvalue weighted by atomic mass is 10.3. The maximum Gasteiger partial charge on any atom is 0.394 e. The van der Waals surface area contributed by atoms with E-state index in [1.54, 1.807) is 18.3 Å². The van der Waals surface area contributed by atoms with Gasteiger partial charge < -0.3 is 10.1 Å². The Morgan fingerprint density at radius 2 is 1.95 bits per heavy atom. The van der Waals surface area contributed by atoms with Crippen molar-refractivity contribution in [3.05, 3.63) is 23.4 Å². The summed E-state index contributed by atoms with van der Waals surface area (Å²) in [5, 5.41) is 3.90. The maximum atomic E-state index is 8.74. The van der Waals surface area contributed by atoms with Crippen LogP contribution in [0.2, 0.25) is 5.02 Å². The van der Waals surface area contributed by atoms with Gasteiger partial charge in [-0.1, -0.05) is 11.6 Å². The molecule has 0 saturated heterocycles. The summed E-state index contributed by atoms with van der Waals surface area (Å²) < 4.78 is 37.0. The quantitative estimate of drug-likeness (QED) is 0.318. The van der Waals surface area contributed by atoms with Crippen LogP contribution in [0.15, 0.2) is 18.3 Å². The number of thiol groups is 1. The second-order valence-electron chi connectivity index (χ2n) is 3.79. The molecule has 0 amide bonds. The first-order valence-electron chi connectivity index (χ1n) is 6.08. The molecule has 0 bridgehead atoms. The van der Waals surface area contributed by atoms with E-state index in [2.05, 4.69) is 22.9 Å². The zero-order valence-corrected chi connectivity index (χ0v) is 13.7. The molecule has 122 valence electrons. The summed E-state index contributed by atoms with van der Waals surface area (Å²) in [7, 11) is -4.67. The van der Waals surface area contributed by atoms with Gasteiger partial charge in [-0.05, 0) is 25.5 Å². The van der Waals surface area contributed by atoms with E-state index in [9.17, 15) is 0 Å². The lowest BCUT2D eigenvalue weighted by Gasteiger charge is -2.05. The zero-order chi connectivity index (χ0) is 16.1. The minimum Gasteiger partial charge on any atom is -0.478 e.